The van der Waals surface area contributed by atoms with Gasteiger partial charge in [0.1, 0.15) is 5.75 Å². The third kappa shape index (κ3) is 4.99. The summed E-state index contributed by atoms with van der Waals surface area (Å²) in [4.78, 5) is 12.2. The predicted molar refractivity (Wildman–Crippen MR) is 102 cm³/mol. The predicted octanol–water partition coefficient (Wildman–Crippen LogP) is 2.40. The lowest BCUT2D eigenvalue weighted by Crippen LogP contribution is -2.31. The number of ether oxygens (including phenoxy) is 2. The van der Waals surface area contributed by atoms with E-state index in [-0.39, 0.29) is 16.9 Å². The number of methoxy groups -OCH3 is 1. The third-order valence-electron chi connectivity index (χ3n) is 4.28. The fourth-order valence-corrected chi connectivity index (χ4v) is 3.83. The molecule has 2 N–H and O–H groups in total. The Labute approximate surface area is 158 Å². The largest absolute Gasteiger partial charge is 0.497 e. The van der Waals surface area contributed by atoms with Gasteiger partial charge in [-0.05, 0) is 61.4 Å². The van der Waals surface area contributed by atoms with Crippen molar-refractivity contribution in [3.8, 4) is 5.75 Å². The average molecular weight is 390 g/mol. The zero-order chi connectivity index (χ0) is 19.3. The Morgan fingerprint density at radius 3 is 2.44 bits per heavy atom. The molecule has 1 aliphatic rings. The minimum absolute atomic E-state index is 0.0577. The molecule has 0 aliphatic carbocycles. The molecule has 27 heavy (non-hydrogen) atoms. The van der Waals surface area contributed by atoms with E-state index in [1.165, 1.54) is 31.4 Å². The second-order valence-electron chi connectivity index (χ2n) is 6.20. The number of anilines is 1. The monoisotopic (exact) mass is 390 g/mol. The Kier molecular flexibility index (Phi) is 5.98. The summed E-state index contributed by atoms with van der Waals surface area (Å²) in [7, 11) is -2.20. The van der Waals surface area contributed by atoms with E-state index in [2.05, 4.69) is 10.0 Å². The molecular formula is C19H22N2O5S. The maximum Gasteiger partial charge on any atom is 0.261 e. The second-order valence-corrected chi connectivity index (χ2v) is 7.89. The summed E-state index contributed by atoms with van der Waals surface area (Å²) >= 11 is 0. The van der Waals surface area contributed by atoms with Crippen molar-refractivity contribution in [2.24, 2.45) is 0 Å². The Balaban J connectivity index is 1.63. The Bertz CT molecular complexity index is 873. The number of rotatable bonds is 7. The van der Waals surface area contributed by atoms with Crippen LogP contribution in [-0.2, 0) is 14.8 Å². The SMILES string of the molecule is COc1ccc(NS(=O)(=O)c2ccc(C(=O)NC[C@@H]3CCCO3)cc2)cc1. The number of amides is 1. The van der Waals surface area contributed by atoms with Crippen LogP contribution in [0.2, 0.25) is 0 Å². The highest BCUT2D eigenvalue weighted by Gasteiger charge is 2.18. The Hall–Kier alpha value is -2.58. The van der Waals surface area contributed by atoms with Crippen LogP contribution in [0.5, 0.6) is 5.75 Å². The van der Waals surface area contributed by atoms with Crippen LogP contribution in [0, 0.1) is 0 Å². The molecule has 1 amide bonds. The minimum atomic E-state index is -3.74. The molecule has 3 rings (SSSR count). The van der Waals surface area contributed by atoms with Gasteiger partial charge in [0.2, 0.25) is 0 Å². The van der Waals surface area contributed by atoms with E-state index in [0.29, 0.717) is 23.5 Å². The van der Waals surface area contributed by atoms with Crippen LogP contribution in [0.4, 0.5) is 5.69 Å². The van der Waals surface area contributed by atoms with Gasteiger partial charge in [-0.2, -0.15) is 0 Å². The fourth-order valence-electron chi connectivity index (χ4n) is 2.77. The van der Waals surface area contributed by atoms with Crippen molar-refractivity contribution in [1.82, 2.24) is 5.32 Å². The molecule has 7 nitrogen and oxygen atoms in total. The fraction of sp³-hybridized carbons (Fsp3) is 0.316. The van der Waals surface area contributed by atoms with Crippen molar-refractivity contribution >= 4 is 21.6 Å². The molecular weight excluding hydrogens is 368 g/mol. The summed E-state index contributed by atoms with van der Waals surface area (Å²) in [5.74, 6) is 0.383. The number of sulfonamides is 1. The number of benzene rings is 2. The van der Waals surface area contributed by atoms with Gasteiger partial charge in [0.05, 0.1) is 18.1 Å². The molecule has 1 fully saturated rings. The van der Waals surface area contributed by atoms with Gasteiger partial charge in [-0.25, -0.2) is 8.42 Å². The zero-order valence-electron chi connectivity index (χ0n) is 15.0. The van der Waals surface area contributed by atoms with Gasteiger partial charge in [0.25, 0.3) is 15.9 Å². The summed E-state index contributed by atoms with van der Waals surface area (Å²) in [6.45, 7) is 1.19. The van der Waals surface area contributed by atoms with Gasteiger partial charge in [-0.3, -0.25) is 9.52 Å². The molecule has 0 saturated carbocycles. The molecule has 0 aromatic heterocycles. The summed E-state index contributed by atoms with van der Waals surface area (Å²) in [5, 5.41) is 2.81. The topological polar surface area (TPSA) is 93.7 Å². The first-order valence-corrected chi connectivity index (χ1v) is 10.1. The molecule has 1 atom stereocenters. The van der Waals surface area contributed by atoms with Crippen LogP contribution < -0.4 is 14.8 Å². The average Bonchev–Trinajstić information content (AvgIpc) is 3.20. The molecule has 0 spiro atoms. The maximum atomic E-state index is 12.5. The molecule has 0 unspecified atom stereocenters. The molecule has 1 saturated heterocycles. The molecule has 144 valence electrons. The van der Waals surface area contributed by atoms with Crippen molar-refractivity contribution in [1.29, 1.82) is 0 Å². The molecule has 2 aromatic carbocycles. The standard InChI is InChI=1S/C19H22N2O5S/c1-25-16-8-6-15(7-9-16)21-27(23,24)18-10-4-14(5-11-18)19(22)20-13-17-3-2-12-26-17/h4-11,17,21H,2-3,12-13H2,1H3,(H,20,22)/t17-/m0/s1. The number of hydrogen-bond donors (Lipinski definition) is 2. The van der Waals surface area contributed by atoms with Gasteiger partial charge in [0, 0.05) is 24.4 Å². The van der Waals surface area contributed by atoms with Crippen molar-refractivity contribution < 1.29 is 22.7 Å². The lowest BCUT2D eigenvalue weighted by molar-refractivity contribution is 0.0857. The van der Waals surface area contributed by atoms with Crippen molar-refractivity contribution in [3.63, 3.8) is 0 Å². The van der Waals surface area contributed by atoms with Crippen LogP contribution in [0.15, 0.2) is 53.4 Å². The number of carbonyl (C=O) groups is 1. The summed E-state index contributed by atoms with van der Waals surface area (Å²) in [6, 6.07) is 12.4. The summed E-state index contributed by atoms with van der Waals surface area (Å²) in [5.41, 5.74) is 0.825. The maximum absolute atomic E-state index is 12.5. The molecule has 8 heteroatoms. The summed E-state index contributed by atoms with van der Waals surface area (Å²) in [6.07, 6.45) is 2.00. The lowest BCUT2D eigenvalue weighted by Gasteiger charge is -2.11. The molecule has 1 heterocycles. The van der Waals surface area contributed by atoms with Crippen LogP contribution in [0.1, 0.15) is 23.2 Å². The van der Waals surface area contributed by atoms with E-state index >= 15 is 0 Å². The Morgan fingerprint density at radius 2 is 1.85 bits per heavy atom. The van der Waals surface area contributed by atoms with Crippen LogP contribution in [-0.4, -0.2) is 40.7 Å². The molecule has 1 aliphatic heterocycles. The minimum Gasteiger partial charge on any atom is -0.497 e. The van der Waals surface area contributed by atoms with E-state index < -0.39 is 10.0 Å². The highest BCUT2D eigenvalue weighted by molar-refractivity contribution is 7.92. The molecule has 0 bridgehead atoms. The molecule has 0 radical (unpaired) electrons. The van der Waals surface area contributed by atoms with Crippen molar-refractivity contribution in [3.05, 3.63) is 54.1 Å². The zero-order valence-corrected chi connectivity index (χ0v) is 15.8. The first-order chi connectivity index (χ1) is 13.0. The van der Waals surface area contributed by atoms with Crippen LogP contribution in [0.3, 0.4) is 0 Å². The highest BCUT2D eigenvalue weighted by atomic mass is 32.2. The van der Waals surface area contributed by atoms with Crippen LogP contribution in [0.25, 0.3) is 0 Å². The van der Waals surface area contributed by atoms with E-state index in [9.17, 15) is 13.2 Å². The smallest absolute Gasteiger partial charge is 0.261 e. The first-order valence-electron chi connectivity index (χ1n) is 8.65. The van der Waals surface area contributed by atoms with Crippen molar-refractivity contribution in [2.45, 2.75) is 23.8 Å². The highest BCUT2D eigenvalue weighted by Crippen LogP contribution is 2.19. The van der Waals surface area contributed by atoms with E-state index in [4.69, 9.17) is 9.47 Å². The van der Waals surface area contributed by atoms with Gasteiger partial charge in [0.15, 0.2) is 0 Å². The van der Waals surface area contributed by atoms with Gasteiger partial charge >= 0.3 is 0 Å². The van der Waals surface area contributed by atoms with Gasteiger partial charge in [-0.15, -0.1) is 0 Å². The number of nitrogens with one attached hydrogen (secondary N) is 2. The first kappa shape index (κ1) is 19.2. The van der Waals surface area contributed by atoms with Crippen LogP contribution >= 0.6 is 0 Å². The normalized spacial score (nSPS) is 16.7. The van der Waals surface area contributed by atoms with E-state index in [0.717, 1.165) is 19.4 Å². The third-order valence-corrected chi connectivity index (χ3v) is 5.68. The van der Waals surface area contributed by atoms with E-state index in [1.807, 2.05) is 0 Å². The number of hydrogen-bond acceptors (Lipinski definition) is 5. The lowest BCUT2D eigenvalue weighted by atomic mass is 10.2. The van der Waals surface area contributed by atoms with Gasteiger partial charge in [-0.1, -0.05) is 0 Å². The summed E-state index contributed by atoms with van der Waals surface area (Å²) < 4.78 is 38.0. The number of carbonyl (C=O) groups excluding carboxylic acids is 1. The molecule has 2 aromatic rings. The van der Waals surface area contributed by atoms with E-state index in [1.54, 1.807) is 24.3 Å². The Morgan fingerprint density at radius 1 is 1.15 bits per heavy atom. The second kappa shape index (κ2) is 8.41. The quantitative estimate of drug-likeness (QED) is 0.757. The van der Waals surface area contributed by atoms with Crippen molar-refractivity contribution in [2.75, 3.05) is 25.0 Å². The van der Waals surface area contributed by atoms with Gasteiger partial charge < -0.3 is 14.8 Å².